The quantitative estimate of drug-likeness (QED) is 0.747. The molecule has 1 aliphatic carbocycles. The lowest BCUT2D eigenvalue weighted by atomic mass is 10.2. The summed E-state index contributed by atoms with van der Waals surface area (Å²) in [5.41, 5.74) is 0.529. The summed E-state index contributed by atoms with van der Waals surface area (Å²) in [6.45, 7) is 0.650. The number of carboxylic acids is 1. The van der Waals surface area contributed by atoms with Crippen LogP contribution in [0.15, 0.2) is 18.2 Å². The number of carboxylic acid groups (broad SMARTS) is 1. The van der Waals surface area contributed by atoms with E-state index >= 15 is 0 Å². The molecule has 19 heavy (non-hydrogen) atoms. The zero-order valence-electron chi connectivity index (χ0n) is 10.3. The maximum absolute atomic E-state index is 11.6. The van der Waals surface area contributed by atoms with E-state index in [2.05, 4.69) is 10.6 Å². The second-order valence-corrected chi connectivity index (χ2v) is 4.93. The molecule has 0 heterocycles. The highest BCUT2D eigenvalue weighted by atomic mass is 35.5. The summed E-state index contributed by atoms with van der Waals surface area (Å²) >= 11 is 5.82. The molecule has 1 fully saturated rings. The van der Waals surface area contributed by atoms with Crippen molar-refractivity contribution in [3.63, 3.8) is 0 Å². The number of hydrogen-bond donors (Lipinski definition) is 3. The fourth-order valence-electron chi connectivity index (χ4n) is 1.67. The van der Waals surface area contributed by atoms with Crippen molar-refractivity contribution < 1.29 is 14.7 Å². The van der Waals surface area contributed by atoms with E-state index in [4.69, 9.17) is 16.7 Å². The van der Waals surface area contributed by atoms with Gasteiger partial charge in [-0.3, -0.25) is 4.79 Å². The second-order valence-electron chi connectivity index (χ2n) is 4.53. The lowest BCUT2D eigenvalue weighted by molar-refractivity contribution is -0.116. The molecule has 0 atom stereocenters. The normalized spacial score (nSPS) is 14.2. The third-order valence-electron chi connectivity index (χ3n) is 2.85. The SMILES string of the molecule is O=C(CCNC1CC1)Nc1ccc(C(=O)O)c(Cl)c1. The summed E-state index contributed by atoms with van der Waals surface area (Å²) in [7, 11) is 0. The number of nitrogens with one attached hydrogen (secondary N) is 2. The fraction of sp³-hybridized carbons (Fsp3) is 0.385. The molecule has 1 amide bonds. The molecule has 0 spiro atoms. The molecule has 0 unspecified atom stereocenters. The van der Waals surface area contributed by atoms with Crippen LogP contribution in [-0.4, -0.2) is 29.6 Å². The van der Waals surface area contributed by atoms with Crippen LogP contribution in [-0.2, 0) is 4.79 Å². The van der Waals surface area contributed by atoms with Crippen LogP contribution in [0.3, 0.4) is 0 Å². The van der Waals surface area contributed by atoms with Crippen LogP contribution in [0.4, 0.5) is 5.69 Å². The van der Waals surface area contributed by atoms with Crippen molar-refractivity contribution in [1.82, 2.24) is 5.32 Å². The van der Waals surface area contributed by atoms with Gasteiger partial charge in [-0.15, -0.1) is 0 Å². The Morgan fingerprint density at radius 3 is 2.68 bits per heavy atom. The molecule has 0 saturated heterocycles. The number of carbonyl (C=O) groups excluding carboxylic acids is 1. The summed E-state index contributed by atoms with van der Waals surface area (Å²) in [6, 6.07) is 4.93. The Labute approximate surface area is 116 Å². The monoisotopic (exact) mass is 282 g/mol. The largest absolute Gasteiger partial charge is 0.478 e. The van der Waals surface area contributed by atoms with Gasteiger partial charge in [0.15, 0.2) is 0 Å². The molecule has 1 aromatic rings. The van der Waals surface area contributed by atoms with E-state index < -0.39 is 5.97 Å². The standard InChI is InChI=1S/C13H15ClN2O3/c14-11-7-9(3-4-10(11)13(18)19)16-12(17)5-6-15-8-1-2-8/h3-4,7-8,15H,1-2,5-6H2,(H,16,17)(H,18,19). The minimum Gasteiger partial charge on any atom is -0.478 e. The Kier molecular flexibility index (Phi) is 4.39. The van der Waals surface area contributed by atoms with Crippen molar-refractivity contribution in [2.45, 2.75) is 25.3 Å². The Bertz CT molecular complexity index is 501. The number of carbonyl (C=O) groups is 2. The number of benzene rings is 1. The van der Waals surface area contributed by atoms with Gasteiger partial charge < -0.3 is 15.7 Å². The second kappa shape index (κ2) is 6.04. The van der Waals surface area contributed by atoms with Gasteiger partial charge in [0.05, 0.1) is 10.6 Å². The lowest BCUT2D eigenvalue weighted by Gasteiger charge is -2.07. The predicted molar refractivity (Wildman–Crippen MR) is 72.7 cm³/mol. The summed E-state index contributed by atoms with van der Waals surface area (Å²) in [5, 5.41) is 14.9. The third-order valence-corrected chi connectivity index (χ3v) is 3.16. The van der Waals surface area contributed by atoms with Crippen molar-refractivity contribution >= 4 is 29.2 Å². The molecule has 1 aromatic carbocycles. The Morgan fingerprint density at radius 1 is 1.37 bits per heavy atom. The Morgan fingerprint density at radius 2 is 2.11 bits per heavy atom. The lowest BCUT2D eigenvalue weighted by Crippen LogP contribution is -2.23. The van der Waals surface area contributed by atoms with E-state index in [1.807, 2.05) is 0 Å². The van der Waals surface area contributed by atoms with Gasteiger partial charge in [-0.25, -0.2) is 4.79 Å². The topological polar surface area (TPSA) is 78.4 Å². The van der Waals surface area contributed by atoms with E-state index in [0.29, 0.717) is 24.7 Å². The predicted octanol–water partition coefficient (Wildman–Crippen LogP) is 2.12. The zero-order chi connectivity index (χ0) is 13.8. The molecule has 6 heteroatoms. The highest BCUT2D eigenvalue weighted by Gasteiger charge is 2.20. The summed E-state index contributed by atoms with van der Waals surface area (Å²) in [4.78, 5) is 22.4. The average Bonchev–Trinajstić information content (AvgIpc) is 3.12. The molecular weight excluding hydrogens is 268 g/mol. The van der Waals surface area contributed by atoms with E-state index in [1.165, 1.54) is 31.0 Å². The van der Waals surface area contributed by atoms with Crippen LogP contribution >= 0.6 is 11.6 Å². The summed E-state index contributed by atoms with van der Waals surface area (Å²) < 4.78 is 0. The first-order valence-corrected chi connectivity index (χ1v) is 6.50. The molecule has 0 aromatic heterocycles. The smallest absolute Gasteiger partial charge is 0.337 e. The first kappa shape index (κ1) is 13.8. The van der Waals surface area contributed by atoms with Crippen molar-refractivity contribution in [1.29, 1.82) is 0 Å². The van der Waals surface area contributed by atoms with Gasteiger partial charge in [-0.2, -0.15) is 0 Å². The minimum absolute atomic E-state index is 0.0232. The molecule has 0 bridgehead atoms. The van der Waals surface area contributed by atoms with Crippen LogP contribution < -0.4 is 10.6 Å². The molecule has 2 rings (SSSR count). The van der Waals surface area contributed by atoms with Crippen molar-refractivity contribution in [2.75, 3.05) is 11.9 Å². The number of amides is 1. The third kappa shape index (κ3) is 4.22. The highest BCUT2D eigenvalue weighted by Crippen LogP contribution is 2.21. The molecule has 0 aliphatic heterocycles. The van der Waals surface area contributed by atoms with E-state index in [0.717, 1.165) is 0 Å². The fourth-order valence-corrected chi connectivity index (χ4v) is 1.93. The summed E-state index contributed by atoms with van der Waals surface area (Å²) in [5.74, 6) is -1.20. The van der Waals surface area contributed by atoms with Crippen LogP contribution in [0.1, 0.15) is 29.6 Å². The van der Waals surface area contributed by atoms with Gasteiger partial charge in [0.1, 0.15) is 0 Å². The van der Waals surface area contributed by atoms with Crippen LogP contribution in [0.25, 0.3) is 0 Å². The van der Waals surface area contributed by atoms with Gasteiger partial charge in [-0.05, 0) is 31.0 Å². The number of aromatic carboxylic acids is 1. The Hall–Kier alpha value is -1.59. The molecular formula is C13H15ClN2O3. The summed E-state index contributed by atoms with van der Waals surface area (Å²) in [6.07, 6.45) is 2.76. The Balaban J connectivity index is 1.85. The average molecular weight is 283 g/mol. The molecule has 0 radical (unpaired) electrons. The van der Waals surface area contributed by atoms with Crippen molar-refractivity contribution in [3.05, 3.63) is 28.8 Å². The maximum Gasteiger partial charge on any atom is 0.337 e. The highest BCUT2D eigenvalue weighted by molar-refractivity contribution is 6.33. The van der Waals surface area contributed by atoms with Gasteiger partial charge in [0.2, 0.25) is 5.91 Å². The first-order valence-electron chi connectivity index (χ1n) is 6.12. The van der Waals surface area contributed by atoms with E-state index in [1.54, 1.807) is 0 Å². The minimum atomic E-state index is -1.09. The van der Waals surface area contributed by atoms with Crippen molar-refractivity contribution in [2.24, 2.45) is 0 Å². The number of hydrogen-bond acceptors (Lipinski definition) is 3. The molecule has 1 saturated carbocycles. The van der Waals surface area contributed by atoms with E-state index in [-0.39, 0.29) is 16.5 Å². The van der Waals surface area contributed by atoms with Crippen LogP contribution in [0, 0.1) is 0 Å². The number of halogens is 1. The number of rotatable bonds is 6. The van der Waals surface area contributed by atoms with Crippen molar-refractivity contribution in [3.8, 4) is 0 Å². The maximum atomic E-state index is 11.6. The van der Waals surface area contributed by atoms with E-state index in [9.17, 15) is 9.59 Å². The zero-order valence-corrected chi connectivity index (χ0v) is 11.0. The van der Waals surface area contributed by atoms with Gasteiger partial charge in [0.25, 0.3) is 0 Å². The van der Waals surface area contributed by atoms with Gasteiger partial charge in [0, 0.05) is 24.7 Å². The first-order chi connectivity index (χ1) is 9.06. The number of anilines is 1. The van der Waals surface area contributed by atoms with Gasteiger partial charge >= 0.3 is 5.97 Å². The van der Waals surface area contributed by atoms with Crippen LogP contribution in [0.5, 0.6) is 0 Å². The molecule has 5 nitrogen and oxygen atoms in total. The van der Waals surface area contributed by atoms with Crippen LogP contribution in [0.2, 0.25) is 5.02 Å². The molecule has 1 aliphatic rings. The molecule has 3 N–H and O–H groups in total. The van der Waals surface area contributed by atoms with Gasteiger partial charge in [-0.1, -0.05) is 11.6 Å². The molecule has 102 valence electrons.